The van der Waals surface area contributed by atoms with Gasteiger partial charge < -0.3 is 9.64 Å². The van der Waals surface area contributed by atoms with E-state index in [0.29, 0.717) is 45.7 Å². The Morgan fingerprint density at radius 3 is 2.43 bits per heavy atom. The molecule has 0 unspecified atom stereocenters. The lowest BCUT2D eigenvalue weighted by Crippen LogP contribution is -2.50. The third-order valence-electron chi connectivity index (χ3n) is 4.44. The molecule has 3 rings (SSSR count). The van der Waals surface area contributed by atoms with Crippen LogP contribution in [0, 0.1) is 6.92 Å². The van der Waals surface area contributed by atoms with Crippen molar-refractivity contribution in [2.24, 2.45) is 0 Å². The van der Waals surface area contributed by atoms with Crippen LogP contribution in [0.4, 0.5) is 0 Å². The summed E-state index contributed by atoms with van der Waals surface area (Å²) in [7, 11) is -3.63. The molecule has 2 heterocycles. The van der Waals surface area contributed by atoms with Crippen LogP contribution in [-0.2, 0) is 19.6 Å². The maximum atomic E-state index is 12.9. The number of hydrogen-bond donors (Lipinski definition) is 0. The van der Waals surface area contributed by atoms with Crippen molar-refractivity contribution in [3.05, 3.63) is 29.8 Å². The molecule has 2 saturated heterocycles. The Morgan fingerprint density at radius 2 is 1.78 bits per heavy atom. The fourth-order valence-corrected chi connectivity index (χ4v) is 4.77. The van der Waals surface area contributed by atoms with E-state index < -0.39 is 16.1 Å². The molecule has 6 nitrogen and oxygen atoms in total. The van der Waals surface area contributed by atoms with Gasteiger partial charge >= 0.3 is 0 Å². The number of benzene rings is 1. The topological polar surface area (TPSA) is 66.9 Å². The smallest absolute Gasteiger partial charge is 0.243 e. The lowest BCUT2D eigenvalue weighted by molar-refractivity contribution is -0.138. The maximum absolute atomic E-state index is 12.9. The lowest BCUT2D eigenvalue weighted by Gasteiger charge is -2.32. The van der Waals surface area contributed by atoms with Crippen LogP contribution >= 0.6 is 0 Å². The number of ether oxygens (including phenoxy) is 1. The van der Waals surface area contributed by atoms with Crippen LogP contribution in [-0.4, -0.2) is 62.4 Å². The highest BCUT2D eigenvalue weighted by molar-refractivity contribution is 7.89. The third kappa shape index (κ3) is 3.27. The quantitative estimate of drug-likeness (QED) is 0.825. The minimum Gasteiger partial charge on any atom is -0.378 e. The van der Waals surface area contributed by atoms with E-state index in [1.807, 2.05) is 6.92 Å². The third-order valence-corrected chi connectivity index (χ3v) is 6.36. The van der Waals surface area contributed by atoms with E-state index in [0.717, 1.165) is 5.56 Å². The van der Waals surface area contributed by atoms with Gasteiger partial charge in [0.05, 0.1) is 18.1 Å². The molecule has 1 aromatic carbocycles. The van der Waals surface area contributed by atoms with Crippen molar-refractivity contribution >= 4 is 15.9 Å². The number of amides is 1. The molecule has 0 radical (unpaired) electrons. The molecular formula is C16H22N2O4S. The van der Waals surface area contributed by atoms with Crippen LogP contribution in [0.5, 0.6) is 0 Å². The summed E-state index contributed by atoms with van der Waals surface area (Å²) >= 11 is 0. The first-order valence-corrected chi connectivity index (χ1v) is 9.39. The molecule has 2 aliphatic rings. The van der Waals surface area contributed by atoms with Gasteiger partial charge in [0.15, 0.2) is 0 Å². The molecular weight excluding hydrogens is 316 g/mol. The Balaban J connectivity index is 1.82. The van der Waals surface area contributed by atoms with Gasteiger partial charge in [0.25, 0.3) is 0 Å². The highest BCUT2D eigenvalue weighted by Gasteiger charge is 2.41. The zero-order valence-corrected chi connectivity index (χ0v) is 14.1. The lowest BCUT2D eigenvalue weighted by atomic mass is 10.2. The highest BCUT2D eigenvalue weighted by Crippen LogP contribution is 2.27. The summed E-state index contributed by atoms with van der Waals surface area (Å²) in [6, 6.07) is 6.20. The summed E-state index contributed by atoms with van der Waals surface area (Å²) in [5.74, 6) is -0.0958. The largest absolute Gasteiger partial charge is 0.378 e. The molecule has 0 aromatic heterocycles. The zero-order valence-electron chi connectivity index (χ0n) is 13.3. The number of carbonyl (C=O) groups is 1. The Labute approximate surface area is 137 Å². The van der Waals surface area contributed by atoms with Crippen molar-refractivity contribution in [3.63, 3.8) is 0 Å². The maximum Gasteiger partial charge on any atom is 0.243 e. The fourth-order valence-electron chi connectivity index (χ4n) is 3.11. The monoisotopic (exact) mass is 338 g/mol. The zero-order chi connectivity index (χ0) is 16.4. The van der Waals surface area contributed by atoms with Gasteiger partial charge in [0.1, 0.15) is 6.04 Å². The van der Waals surface area contributed by atoms with Gasteiger partial charge in [-0.3, -0.25) is 4.79 Å². The standard InChI is InChI=1S/C16H22N2O4S/c1-13-4-6-14(7-5-13)23(20,21)18-8-2-3-15(18)16(19)17-9-11-22-12-10-17/h4-7,15H,2-3,8-12H2,1H3/t15-/m1/s1. The van der Waals surface area contributed by atoms with Crippen LogP contribution in [0.2, 0.25) is 0 Å². The second kappa shape index (κ2) is 6.59. The highest BCUT2D eigenvalue weighted by atomic mass is 32.2. The number of rotatable bonds is 3. The number of aryl methyl sites for hydroxylation is 1. The van der Waals surface area contributed by atoms with Gasteiger partial charge in [-0.15, -0.1) is 0 Å². The Morgan fingerprint density at radius 1 is 1.13 bits per heavy atom. The fraction of sp³-hybridized carbons (Fsp3) is 0.562. The van der Waals surface area contributed by atoms with Gasteiger partial charge in [0.2, 0.25) is 15.9 Å². The van der Waals surface area contributed by atoms with E-state index in [-0.39, 0.29) is 10.8 Å². The second-order valence-corrected chi connectivity index (χ2v) is 7.92. The first-order valence-electron chi connectivity index (χ1n) is 7.95. The van der Waals surface area contributed by atoms with Crippen molar-refractivity contribution in [1.82, 2.24) is 9.21 Å². The summed E-state index contributed by atoms with van der Waals surface area (Å²) in [5.41, 5.74) is 1.01. The van der Waals surface area contributed by atoms with Crippen LogP contribution in [0.3, 0.4) is 0 Å². The SMILES string of the molecule is Cc1ccc(S(=O)(=O)N2CCC[C@@H]2C(=O)N2CCOCC2)cc1. The van der Waals surface area contributed by atoms with E-state index in [4.69, 9.17) is 4.74 Å². The van der Waals surface area contributed by atoms with E-state index >= 15 is 0 Å². The number of carbonyl (C=O) groups excluding carboxylic acids is 1. The van der Waals surface area contributed by atoms with Crippen molar-refractivity contribution in [3.8, 4) is 0 Å². The first kappa shape index (κ1) is 16.4. The normalized spacial score (nSPS) is 23.2. The Bertz CT molecular complexity index is 666. The molecule has 7 heteroatoms. The minimum absolute atomic E-state index is 0.0958. The van der Waals surface area contributed by atoms with Crippen LogP contribution in [0.1, 0.15) is 18.4 Å². The molecule has 0 N–H and O–H groups in total. The van der Waals surface area contributed by atoms with E-state index in [1.165, 1.54) is 4.31 Å². The molecule has 23 heavy (non-hydrogen) atoms. The van der Waals surface area contributed by atoms with Gasteiger partial charge in [-0.1, -0.05) is 17.7 Å². The molecule has 1 amide bonds. The van der Waals surface area contributed by atoms with Gasteiger partial charge in [-0.05, 0) is 31.9 Å². The second-order valence-electron chi connectivity index (χ2n) is 6.02. The van der Waals surface area contributed by atoms with Crippen molar-refractivity contribution < 1.29 is 17.9 Å². The van der Waals surface area contributed by atoms with Crippen LogP contribution in [0.15, 0.2) is 29.2 Å². The predicted octanol–water partition coefficient (Wildman–Crippen LogP) is 1.01. The molecule has 126 valence electrons. The van der Waals surface area contributed by atoms with Crippen molar-refractivity contribution in [2.45, 2.75) is 30.7 Å². The molecule has 1 aromatic rings. The predicted molar refractivity (Wildman–Crippen MR) is 85.5 cm³/mol. The molecule has 2 fully saturated rings. The summed E-state index contributed by atoms with van der Waals surface area (Å²) < 4.78 is 32.4. The van der Waals surface area contributed by atoms with Crippen molar-refractivity contribution in [2.75, 3.05) is 32.8 Å². The minimum atomic E-state index is -3.63. The average Bonchev–Trinajstić information content (AvgIpc) is 3.06. The molecule has 1 atom stereocenters. The molecule has 0 aliphatic carbocycles. The summed E-state index contributed by atoms with van der Waals surface area (Å²) in [4.78, 5) is 14.7. The first-order chi connectivity index (χ1) is 11.0. The molecule has 0 bridgehead atoms. The Kier molecular flexibility index (Phi) is 4.70. The number of nitrogens with zero attached hydrogens (tertiary/aromatic N) is 2. The van der Waals surface area contributed by atoms with E-state index in [1.54, 1.807) is 29.2 Å². The summed E-state index contributed by atoms with van der Waals surface area (Å²) in [5, 5.41) is 0. The van der Waals surface area contributed by atoms with Gasteiger partial charge in [0, 0.05) is 19.6 Å². The number of hydrogen-bond acceptors (Lipinski definition) is 4. The summed E-state index contributed by atoms with van der Waals surface area (Å²) in [6.45, 7) is 4.42. The number of sulfonamides is 1. The Hall–Kier alpha value is -1.44. The molecule has 2 aliphatic heterocycles. The van der Waals surface area contributed by atoms with Crippen LogP contribution in [0.25, 0.3) is 0 Å². The summed E-state index contributed by atoms with van der Waals surface area (Å²) in [6.07, 6.45) is 1.30. The molecule has 0 saturated carbocycles. The van der Waals surface area contributed by atoms with Gasteiger partial charge in [-0.25, -0.2) is 8.42 Å². The molecule has 0 spiro atoms. The van der Waals surface area contributed by atoms with Gasteiger partial charge in [-0.2, -0.15) is 4.31 Å². The number of morpholine rings is 1. The average molecular weight is 338 g/mol. The van der Waals surface area contributed by atoms with Crippen molar-refractivity contribution in [1.29, 1.82) is 0 Å². The van der Waals surface area contributed by atoms with Crippen LogP contribution < -0.4 is 0 Å². The van der Waals surface area contributed by atoms with E-state index in [9.17, 15) is 13.2 Å². The van der Waals surface area contributed by atoms with E-state index in [2.05, 4.69) is 0 Å².